The Bertz CT molecular complexity index is 1190. The van der Waals surface area contributed by atoms with Gasteiger partial charge < -0.3 is 14.6 Å². The number of hydrogen-bond donors (Lipinski definition) is 2. The number of hydrogen-bond acceptors (Lipinski definition) is 7. The Balaban J connectivity index is 1.60. The summed E-state index contributed by atoms with van der Waals surface area (Å²) in [5, 5.41) is 23.5. The predicted octanol–water partition coefficient (Wildman–Crippen LogP) is 3.64. The quantitative estimate of drug-likeness (QED) is 0.289. The molecule has 3 aromatic carbocycles. The highest BCUT2D eigenvalue weighted by Crippen LogP contribution is 2.28. The number of nitro benzene ring substituents is 1. The van der Waals surface area contributed by atoms with Crippen LogP contribution in [0.15, 0.2) is 71.8 Å². The van der Waals surface area contributed by atoms with E-state index in [1.165, 1.54) is 49.7 Å². The molecule has 0 unspecified atom stereocenters. The van der Waals surface area contributed by atoms with E-state index < -0.39 is 16.8 Å². The molecule has 0 aliphatic heterocycles. The summed E-state index contributed by atoms with van der Waals surface area (Å²) in [4.78, 5) is 33.2. The molecule has 10 nitrogen and oxygen atoms in total. The minimum atomic E-state index is -0.995. The molecule has 0 aliphatic carbocycles. The number of methoxy groups -OCH3 is 1. The minimum absolute atomic E-state index is 0.110. The van der Waals surface area contributed by atoms with Crippen molar-refractivity contribution in [3.63, 3.8) is 0 Å². The third-order valence-corrected chi connectivity index (χ3v) is 4.50. The molecule has 10 heteroatoms. The lowest BCUT2D eigenvalue weighted by Crippen LogP contribution is -2.17. The Kier molecular flexibility index (Phi) is 7.32. The molecular weight excluding hydrogens is 430 g/mol. The van der Waals surface area contributed by atoms with Crippen molar-refractivity contribution in [3.8, 4) is 11.5 Å². The molecule has 0 atom stereocenters. The Morgan fingerprint density at radius 3 is 2.30 bits per heavy atom. The van der Waals surface area contributed by atoms with Crippen molar-refractivity contribution in [2.45, 2.75) is 6.61 Å². The number of carbonyl (C=O) groups excluding carboxylic acids is 1. The monoisotopic (exact) mass is 449 g/mol. The summed E-state index contributed by atoms with van der Waals surface area (Å²) in [6.45, 7) is 0.217. The first kappa shape index (κ1) is 22.9. The largest absolute Gasteiger partial charge is 0.493 e. The summed E-state index contributed by atoms with van der Waals surface area (Å²) in [6.07, 6.45) is 1.42. The number of carboxylic acid groups (broad SMARTS) is 1. The van der Waals surface area contributed by atoms with Gasteiger partial charge in [-0.1, -0.05) is 12.1 Å². The summed E-state index contributed by atoms with van der Waals surface area (Å²) < 4.78 is 11.1. The minimum Gasteiger partial charge on any atom is -0.493 e. The van der Waals surface area contributed by atoms with Crippen LogP contribution in [0.5, 0.6) is 11.5 Å². The second-order valence-corrected chi connectivity index (χ2v) is 6.70. The number of nitro groups is 1. The fourth-order valence-electron chi connectivity index (χ4n) is 2.75. The molecule has 0 spiro atoms. The topological polar surface area (TPSA) is 140 Å². The number of nitrogens with zero attached hydrogens (tertiary/aromatic N) is 2. The maximum absolute atomic E-state index is 12.1. The van der Waals surface area contributed by atoms with Gasteiger partial charge in [-0.05, 0) is 53.6 Å². The van der Waals surface area contributed by atoms with Crippen LogP contribution in [-0.4, -0.2) is 35.2 Å². The Hall–Kier alpha value is -4.73. The van der Waals surface area contributed by atoms with Crippen LogP contribution in [0.1, 0.15) is 31.8 Å². The van der Waals surface area contributed by atoms with Gasteiger partial charge in [0.05, 0.1) is 23.8 Å². The van der Waals surface area contributed by atoms with E-state index in [0.29, 0.717) is 17.1 Å². The first-order valence-electron chi connectivity index (χ1n) is 9.58. The van der Waals surface area contributed by atoms with Crippen LogP contribution in [0.3, 0.4) is 0 Å². The molecule has 0 heterocycles. The number of ether oxygens (including phenoxy) is 2. The van der Waals surface area contributed by atoms with Gasteiger partial charge in [-0.3, -0.25) is 14.9 Å². The van der Waals surface area contributed by atoms with E-state index in [1.54, 1.807) is 30.3 Å². The van der Waals surface area contributed by atoms with E-state index in [1.807, 2.05) is 0 Å². The summed E-state index contributed by atoms with van der Waals surface area (Å²) in [5.74, 6) is -0.581. The highest BCUT2D eigenvalue weighted by atomic mass is 16.6. The Morgan fingerprint density at radius 2 is 1.70 bits per heavy atom. The lowest BCUT2D eigenvalue weighted by molar-refractivity contribution is -0.384. The summed E-state index contributed by atoms with van der Waals surface area (Å²) in [7, 11) is 1.49. The molecule has 3 rings (SSSR count). The zero-order valence-electron chi connectivity index (χ0n) is 17.4. The number of carboxylic acids is 1. The highest BCUT2D eigenvalue weighted by Gasteiger charge is 2.09. The number of hydrazone groups is 1. The van der Waals surface area contributed by atoms with Gasteiger partial charge in [0.15, 0.2) is 11.5 Å². The maximum atomic E-state index is 12.1. The molecule has 3 aromatic rings. The van der Waals surface area contributed by atoms with Gasteiger partial charge in [0.2, 0.25) is 0 Å². The van der Waals surface area contributed by atoms with Gasteiger partial charge >= 0.3 is 5.97 Å². The summed E-state index contributed by atoms with van der Waals surface area (Å²) >= 11 is 0. The van der Waals surface area contributed by atoms with Crippen LogP contribution in [0.4, 0.5) is 5.69 Å². The van der Waals surface area contributed by atoms with Crippen LogP contribution in [0.25, 0.3) is 0 Å². The SMILES string of the molecule is COc1cc(/C=N\NC(=O)c2ccc([N+](=O)[O-])cc2)ccc1OCc1ccc(C(=O)O)cc1. The van der Waals surface area contributed by atoms with Crippen molar-refractivity contribution in [2.75, 3.05) is 7.11 Å². The number of benzene rings is 3. The van der Waals surface area contributed by atoms with E-state index in [9.17, 15) is 19.7 Å². The van der Waals surface area contributed by atoms with Crippen LogP contribution < -0.4 is 14.9 Å². The van der Waals surface area contributed by atoms with Crippen molar-refractivity contribution in [1.29, 1.82) is 0 Å². The van der Waals surface area contributed by atoms with Crippen molar-refractivity contribution in [2.24, 2.45) is 5.10 Å². The number of non-ortho nitro benzene ring substituents is 1. The van der Waals surface area contributed by atoms with Crippen LogP contribution in [0.2, 0.25) is 0 Å². The Morgan fingerprint density at radius 1 is 1.03 bits per heavy atom. The third-order valence-electron chi connectivity index (χ3n) is 4.50. The van der Waals surface area contributed by atoms with Gasteiger partial charge in [-0.15, -0.1) is 0 Å². The van der Waals surface area contributed by atoms with Gasteiger partial charge in [0.25, 0.3) is 11.6 Å². The van der Waals surface area contributed by atoms with E-state index in [4.69, 9.17) is 14.6 Å². The van der Waals surface area contributed by atoms with Crippen molar-refractivity contribution in [3.05, 3.63) is 99.1 Å². The lowest BCUT2D eigenvalue weighted by atomic mass is 10.1. The average molecular weight is 449 g/mol. The van der Waals surface area contributed by atoms with Crippen LogP contribution >= 0.6 is 0 Å². The molecular formula is C23H19N3O7. The average Bonchev–Trinajstić information content (AvgIpc) is 2.83. The predicted molar refractivity (Wildman–Crippen MR) is 119 cm³/mol. The standard InChI is InChI=1S/C23H19N3O7/c1-32-21-12-16(13-24-25-22(27)17-7-9-19(10-8-17)26(30)31)4-11-20(21)33-14-15-2-5-18(6-3-15)23(28)29/h2-13H,14H2,1H3,(H,25,27)(H,28,29)/b24-13-. The number of carbonyl (C=O) groups is 2. The number of nitrogens with one attached hydrogen (secondary N) is 1. The molecule has 0 saturated carbocycles. The molecule has 33 heavy (non-hydrogen) atoms. The number of rotatable bonds is 9. The van der Waals surface area contributed by atoms with Gasteiger partial charge in [0, 0.05) is 17.7 Å². The second kappa shape index (κ2) is 10.5. The second-order valence-electron chi connectivity index (χ2n) is 6.70. The summed E-state index contributed by atoms with van der Waals surface area (Å²) in [5.41, 5.74) is 4.10. The first-order chi connectivity index (χ1) is 15.9. The van der Waals surface area contributed by atoms with Gasteiger partial charge in [-0.25, -0.2) is 10.2 Å². The molecule has 168 valence electrons. The molecule has 2 N–H and O–H groups in total. The van der Waals surface area contributed by atoms with E-state index in [-0.39, 0.29) is 23.4 Å². The zero-order valence-corrected chi connectivity index (χ0v) is 17.4. The highest BCUT2D eigenvalue weighted by molar-refractivity contribution is 5.95. The maximum Gasteiger partial charge on any atom is 0.335 e. The number of aromatic carboxylic acids is 1. The first-order valence-corrected chi connectivity index (χ1v) is 9.58. The molecule has 0 fully saturated rings. The van der Waals surface area contributed by atoms with E-state index in [2.05, 4.69) is 10.5 Å². The smallest absolute Gasteiger partial charge is 0.335 e. The zero-order chi connectivity index (χ0) is 23.8. The molecule has 0 bridgehead atoms. The van der Waals surface area contributed by atoms with Gasteiger partial charge in [0.1, 0.15) is 6.61 Å². The van der Waals surface area contributed by atoms with Crippen LogP contribution in [-0.2, 0) is 6.61 Å². The molecule has 0 saturated heterocycles. The Labute approximate surface area is 188 Å². The van der Waals surface area contributed by atoms with E-state index in [0.717, 1.165) is 5.56 Å². The fourth-order valence-corrected chi connectivity index (χ4v) is 2.75. The van der Waals surface area contributed by atoms with Crippen molar-refractivity contribution in [1.82, 2.24) is 5.43 Å². The fraction of sp³-hybridized carbons (Fsp3) is 0.0870. The van der Waals surface area contributed by atoms with Gasteiger partial charge in [-0.2, -0.15) is 5.10 Å². The van der Waals surface area contributed by atoms with Crippen LogP contribution in [0, 0.1) is 10.1 Å². The molecule has 0 aliphatic rings. The lowest BCUT2D eigenvalue weighted by Gasteiger charge is -2.11. The molecule has 1 amide bonds. The third kappa shape index (κ3) is 6.14. The molecule has 0 radical (unpaired) electrons. The van der Waals surface area contributed by atoms with E-state index >= 15 is 0 Å². The summed E-state index contributed by atoms with van der Waals surface area (Å²) in [6, 6.07) is 16.6. The normalized spacial score (nSPS) is 10.6. The molecule has 0 aromatic heterocycles. The van der Waals surface area contributed by atoms with Crippen molar-refractivity contribution >= 4 is 23.8 Å². The number of amides is 1. The van der Waals surface area contributed by atoms with Crippen molar-refractivity contribution < 1.29 is 29.1 Å².